The molecule has 0 aromatic carbocycles. The lowest BCUT2D eigenvalue weighted by atomic mass is 10.1. The summed E-state index contributed by atoms with van der Waals surface area (Å²) in [7, 11) is 0. The average Bonchev–Trinajstić information content (AvgIpc) is 1.84. The minimum Gasteiger partial charge on any atom is -0.365 e. The summed E-state index contributed by atoms with van der Waals surface area (Å²) >= 11 is 7.99. The van der Waals surface area contributed by atoms with E-state index < -0.39 is 0 Å². The lowest BCUT2D eigenvalue weighted by molar-refractivity contribution is 0.0571. The minimum absolute atomic E-state index is 0.329. The monoisotopic (exact) mass is 304 g/mol. The third-order valence-corrected chi connectivity index (χ3v) is 2.63. The van der Waals surface area contributed by atoms with Crippen LogP contribution >= 0.6 is 34.2 Å². The summed E-state index contributed by atoms with van der Waals surface area (Å²) in [6.45, 7) is 6.35. The third-order valence-electron chi connectivity index (χ3n) is 1.61. The molecule has 0 aliphatic rings. The van der Waals surface area contributed by atoms with Gasteiger partial charge in [-0.3, -0.25) is 0 Å². The Morgan fingerprint density at radius 1 is 1.33 bits per heavy atom. The lowest BCUT2D eigenvalue weighted by Gasteiger charge is -2.17. The summed E-state index contributed by atoms with van der Waals surface area (Å²) in [6.07, 6.45) is 2.52. The normalized spacial score (nSPS) is 16.5. The zero-order valence-electron chi connectivity index (χ0n) is 8.02. The molecule has 0 radical (unpaired) electrons. The number of rotatable bonds is 6. The van der Waals surface area contributed by atoms with E-state index in [2.05, 4.69) is 43.4 Å². The molecular weight excluding hydrogens is 286 g/mol. The Morgan fingerprint density at radius 3 is 2.33 bits per heavy atom. The summed E-state index contributed by atoms with van der Waals surface area (Å²) in [5, 5.41) is 0. The summed E-state index contributed by atoms with van der Waals surface area (Å²) in [4.78, 5) is 0. The van der Waals surface area contributed by atoms with Crippen LogP contribution in [0.2, 0.25) is 0 Å². The molecule has 1 nitrogen and oxygen atoms in total. The van der Waals surface area contributed by atoms with Crippen molar-refractivity contribution in [3.8, 4) is 0 Å². The average molecular weight is 305 g/mol. The van der Waals surface area contributed by atoms with Gasteiger partial charge in [-0.25, -0.2) is 0 Å². The van der Waals surface area contributed by atoms with Crippen LogP contribution in [0, 0.1) is 5.92 Å². The van der Waals surface area contributed by atoms with Crippen molar-refractivity contribution in [1.82, 2.24) is 0 Å². The molecule has 74 valence electrons. The van der Waals surface area contributed by atoms with Gasteiger partial charge in [-0.05, 0) is 32.6 Å². The highest BCUT2D eigenvalue weighted by Gasteiger charge is 2.11. The molecule has 0 N–H and O–H groups in total. The van der Waals surface area contributed by atoms with Crippen LogP contribution in [0.3, 0.4) is 0 Å². The van der Waals surface area contributed by atoms with Crippen LogP contribution in [-0.4, -0.2) is 16.1 Å². The van der Waals surface area contributed by atoms with Crippen molar-refractivity contribution in [1.29, 1.82) is 0 Å². The van der Waals surface area contributed by atoms with Gasteiger partial charge in [0.1, 0.15) is 4.11 Å². The Hall–Kier alpha value is 0.980. The Kier molecular flexibility index (Phi) is 7.99. The van der Waals surface area contributed by atoms with Crippen molar-refractivity contribution in [3.63, 3.8) is 0 Å². The van der Waals surface area contributed by atoms with Gasteiger partial charge in [0.25, 0.3) is 0 Å². The Balaban J connectivity index is 3.46. The maximum absolute atomic E-state index is 5.64. The molecule has 3 heteroatoms. The second-order valence-corrected chi connectivity index (χ2v) is 5.18. The van der Waals surface area contributed by atoms with E-state index in [0.717, 1.165) is 18.7 Å². The maximum Gasteiger partial charge on any atom is 0.109 e. The van der Waals surface area contributed by atoms with E-state index >= 15 is 0 Å². The molecule has 2 unspecified atom stereocenters. The van der Waals surface area contributed by atoms with Crippen molar-refractivity contribution in [2.45, 2.75) is 43.8 Å². The molecule has 0 rings (SSSR count). The van der Waals surface area contributed by atoms with Crippen LogP contribution in [0.15, 0.2) is 0 Å². The van der Waals surface area contributed by atoms with Crippen LogP contribution in [0.5, 0.6) is 0 Å². The van der Waals surface area contributed by atoms with E-state index in [9.17, 15) is 0 Å². The smallest absolute Gasteiger partial charge is 0.109 e. The number of hydrogen-bond acceptors (Lipinski definition) is 1. The maximum atomic E-state index is 5.64. The van der Waals surface area contributed by atoms with E-state index in [-0.39, 0.29) is 0 Å². The van der Waals surface area contributed by atoms with Gasteiger partial charge >= 0.3 is 0 Å². The second-order valence-electron chi connectivity index (χ2n) is 3.41. The highest BCUT2D eigenvalue weighted by molar-refractivity contribution is 14.1. The highest BCUT2D eigenvalue weighted by atomic mass is 127. The van der Waals surface area contributed by atoms with Crippen molar-refractivity contribution >= 4 is 34.2 Å². The Labute approximate surface area is 94.3 Å². The van der Waals surface area contributed by atoms with Gasteiger partial charge in [-0.1, -0.05) is 29.5 Å². The van der Waals surface area contributed by atoms with Gasteiger partial charge in [0, 0.05) is 5.88 Å². The number of halogens is 2. The van der Waals surface area contributed by atoms with Crippen LogP contribution in [-0.2, 0) is 4.74 Å². The van der Waals surface area contributed by atoms with E-state index in [0.29, 0.717) is 16.1 Å². The Morgan fingerprint density at radius 2 is 1.92 bits per heavy atom. The molecule has 0 saturated carbocycles. The second kappa shape index (κ2) is 7.39. The first-order chi connectivity index (χ1) is 5.56. The van der Waals surface area contributed by atoms with E-state index in [1.54, 1.807) is 0 Å². The molecule has 0 amide bonds. The first-order valence-electron chi connectivity index (χ1n) is 4.41. The number of alkyl halides is 2. The zero-order valence-corrected chi connectivity index (χ0v) is 10.9. The molecule has 0 aliphatic heterocycles. The van der Waals surface area contributed by atoms with E-state index in [1.165, 1.54) is 0 Å². The molecule has 0 spiro atoms. The topological polar surface area (TPSA) is 9.23 Å². The van der Waals surface area contributed by atoms with Crippen molar-refractivity contribution in [2.24, 2.45) is 5.92 Å². The summed E-state index contributed by atoms with van der Waals surface area (Å²) in [5.41, 5.74) is 0. The molecular formula is C9H18ClIO. The van der Waals surface area contributed by atoms with Crippen LogP contribution in [0.1, 0.15) is 33.6 Å². The molecule has 0 fully saturated rings. The van der Waals surface area contributed by atoms with Gasteiger partial charge in [0.05, 0.1) is 6.10 Å². The first-order valence-corrected chi connectivity index (χ1v) is 6.19. The lowest BCUT2D eigenvalue weighted by Crippen LogP contribution is -2.14. The van der Waals surface area contributed by atoms with Crippen molar-refractivity contribution in [3.05, 3.63) is 0 Å². The Bertz CT molecular complexity index is 109. The van der Waals surface area contributed by atoms with Crippen LogP contribution < -0.4 is 0 Å². The molecule has 0 aliphatic carbocycles. The number of hydrogen-bond donors (Lipinski definition) is 0. The predicted molar refractivity (Wildman–Crippen MR) is 63.1 cm³/mol. The quantitative estimate of drug-likeness (QED) is 0.535. The molecule has 0 aromatic heterocycles. The standard InChI is InChI=1S/C9H18ClIO/c1-7(2)12-9(11)6-8(3)4-5-10/h7-9H,4-6H2,1-3H3. The summed E-state index contributed by atoms with van der Waals surface area (Å²) in [5.74, 6) is 1.43. The molecule has 0 saturated heterocycles. The molecule has 0 heterocycles. The molecule has 12 heavy (non-hydrogen) atoms. The predicted octanol–water partition coefficient (Wildman–Crippen LogP) is 3.83. The zero-order chi connectivity index (χ0) is 9.56. The fraction of sp³-hybridized carbons (Fsp3) is 1.00. The van der Waals surface area contributed by atoms with Crippen LogP contribution in [0.4, 0.5) is 0 Å². The van der Waals surface area contributed by atoms with E-state index in [1.807, 2.05) is 0 Å². The van der Waals surface area contributed by atoms with Gasteiger partial charge in [0.2, 0.25) is 0 Å². The molecule has 2 atom stereocenters. The molecule has 0 aromatic rings. The van der Waals surface area contributed by atoms with Crippen LogP contribution in [0.25, 0.3) is 0 Å². The third kappa shape index (κ3) is 7.62. The first kappa shape index (κ1) is 13.0. The minimum atomic E-state index is 0.329. The fourth-order valence-corrected chi connectivity index (χ4v) is 2.80. The fourth-order valence-electron chi connectivity index (χ4n) is 0.971. The highest BCUT2D eigenvalue weighted by Crippen LogP contribution is 2.19. The largest absolute Gasteiger partial charge is 0.365 e. The van der Waals surface area contributed by atoms with Gasteiger partial charge in [-0.15, -0.1) is 11.6 Å². The van der Waals surface area contributed by atoms with Crippen molar-refractivity contribution in [2.75, 3.05) is 5.88 Å². The number of ether oxygens (including phenoxy) is 1. The van der Waals surface area contributed by atoms with Gasteiger partial charge in [0.15, 0.2) is 0 Å². The summed E-state index contributed by atoms with van der Waals surface area (Å²) < 4.78 is 5.94. The molecule has 0 bridgehead atoms. The SMILES string of the molecule is CC(CCCl)CC(I)OC(C)C. The van der Waals surface area contributed by atoms with Gasteiger partial charge in [-0.2, -0.15) is 0 Å². The van der Waals surface area contributed by atoms with Gasteiger partial charge < -0.3 is 4.74 Å². The van der Waals surface area contributed by atoms with Crippen molar-refractivity contribution < 1.29 is 4.74 Å². The van der Waals surface area contributed by atoms with E-state index in [4.69, 9.17) is 16.3 Å². The summed E-state index contributed by atoms with van der Waals surface area (Å²) in [6, 6.07) is 0.